The largest absolute Gasteiger partial charge is 0.481 e. The number of aromatic nitrogens is 2. The number of carbonyl (C=O) groups is 2. The first-order chi connectivity index (χ1) is 11.1. The lowest BCUT2D eigenvalue weighted by molar-refractivity contribution is -0.144. The molecule has 0 aliphatic carbocycles. The van der Waals surface area contributed by atoms with Crippen molar-refractivity contribution in [1.82, 2.24) is 15.0 Å². The maximum absolute atomic E-state index is 12.6. The fourth-order valence-corrected chi connectivity index (χ4v) is 2.93. The zero-order valence-electron chi connectivity index (χ0n) is 12.7. The molecule has 7 nitrogen and oxygen atoms in total. The third kappa shape index (κ3) is 2.94. The number of hydrogen-bond donors (Lipinski definition) is 1. The molecule has 3 heterocycles. The number of nitrogens with zero attached hydrogens (tertiary/aromatic N) is 3. The summed E-state index contributed by atoms with van der Waals surface area (Å²) in [6.07, 6.45) is 4.52. The van der Waals surface area contributed by atoms with E-state index in [0.29, 0.717) is 25.1 Å². The molecule has 1 aliphatic heterocycles. The molecule has 120 valence electrons. The molecule has 23 heavy (non-hydrogen) atoms. The van der Waals surface area contributed by atoms with Gasteiger partial charge in [-0.25, -0.2) is 0 Å². The summed E-state index contributed by atoms with van der Waals surface area (Å²) in [7, 11) is 0. The Kier molecular flexibility index (Phi) is 4.10. The predicted octanol–water partition coefficient (Wildman–Crippen LogP) is 2.06. The smallest absolute Gasteiger partial charge is 0.308 e. The molecule has 0 radical (unpaired) electrons. The van der Waals surface area contributed by atoms with Gasteiger partial charge in [0.2, 0.25) is 0 Å². The summed E-state index contributed by atoms with van der Waals surface area (Å²) in [5, 5.41) is 13.1. The van der Waals surface area contributed by atoms with E-state index in [9.17, 15) is 14.7 Å². The number of aliphatic carboxylic acids is 1. The number of rotatable bonds is 3. The molecule has 0 unspecified atom stereocenters. The summed E-state index contributed by atoms with van der Waals surface area (Å²) in [5.74, 6) is -1.26. The first-order valence-electron chi connectivity index (χ1n) is 7.49. The van der Waals surface area contributed by atoms with E-state index in [0.717, 1.165) is 5.56 Å². The highest BCUT2D eigenvalue weighted by Gasteiger charge is 2.36. The van der Waals surface area contributed by atoms with Crippen LogP contribution in [0.3, 0.4) is 0 Å². The Labute approximate surface area is 132 Å². The number of piperidine rings is 1. The molecule has 3 rings (SSSR count). The van der Waals surface area contributed by atoms with E-state index < -0.39 is 11.9 Å². The van der Waals surface area contributed by atoms with Crippen LogP contribution >= 0.6 is 0 Å². The van der Waals surface area contributed by atoms with Crippen molar-refractivity contribution in [3.05, 3.63) is 36.3 Å². The lowest BCUT2D eigenvalue weighted by atomic mass is 9.90. The highest BCUT2D eigenvalue weighted by molar-refractivity contribution is 5.93. The van der Waals surface area contributed by atoms with Crippen LogP contribution in [0.4, 0.5) is 0 Å². The lowest BCUT2D eigenvalue weighted by Crippen LogP contribution is -2.49. The molecule has 2 aromatic rings. The second-order valence-electron chi connectivity index (χ2n) is 5.64. The number of carbonyl (C=O) groups excluding carboxylic acids is 1. The summed E-state index contributed by atoms with van der Waals surface area (Å²) < 4.78 is 5.22. The van der Waals surface area contributed by atoms with Gasteiger partial charge in [-0.1, -0.05) is 5.16 Å². The first-order valence-corrected chi connectivity index (χ1v) is 7.49. The molecule has 1 amide bonds. The quantitative estimate of drug-likeness (QED) is 0.931. The van der Waals surface area contributed by atoms with Crippen LogP contribution in [0, 0.1) is 5.92 Å². The van der Waals surface area contributed by atoms with Crippen LogP contribution in [0.2, 0.25) is 0 Å². The van der Waals surface area contributed by atoms with Crippen molar-refractivity contribution in [2.75, 3.05) is 6.54 Å². The predicted molar refractivity (Wildman–Crippen MR) is 80.6 cm³/mol. The highest BCUT2D eigenvalue weighted by Crippen LogP contribution is 2.26. The Morgan fingerprint density at radius 1 is 1.43 bits per heavy atom. The van der Waals surface area contributed by atoms with Crippen LogP contribution in [0.1, 0.15) is 30.3 Å². The Hall–Kier alpha value is -2.70. The van der Waals surface area contributed by atoms with Crippen molar-refractivity contribution in [1.29, 1.82) is 0 Å². The Morgan fingerprint density at radius 2 is 2.26 bits per heavy atom. The van der Waals surface area contributed by atoms with Gasteiger partial charge >= 0.3 is 5.97 Å². The molecule has 0 spiro atoms. The van der Waals surface area contributed by atoms with E-state index in [1.807, 2.05) is 6.07 Å². The molecule has 7 heteroatoms. The Balaban J connectivity index is 1.81. The number of hydrogen-bond acceptors (Lipinski definition) is 5. The van der Waals surface area contributed by atoms with Crippen molar-refractivity contribution in [3.63, 3.8) is 0 Å². The van der Waals surface area contributed by atoms with Crippen molar-refractivity contribution < 1.29 is 19.2 Å². The standard InChI is InChI=1S/C16H17N3O4/c1-10-12(16(21)22)5-3-7-19(10)15(20)13-8-14(23-18-13)11-4-2-6-17-9-11/h2,4,6,8-10,12H,3,5,7H2,1H3,(H,21,22)/t10-,12-/m1/s1. The van der Waals surface area contributed by atoms with Crippen LogP contribution in [0.15, 0.2) is 35.1 Å². The fourth-order valence-electron chi connectivity index (χ4n) is 2.93. The van der Waals surface area contributed by atoms with Gasteiger partial charge in [0.1, 0.15) is 0 Å². The second-order valence-corrected chi connectivity index (χ2v) is 5.64. The maximum Gasteiger partial charge on any atom is 0.308 e. The SMILES string of the molecule is C[C@@H]1[C@H](C(=O)O)CCCN1C(=O)c1cc(-c2cccnc2)on1. The zero-order chi connectivity index (χ0) is 16.4. The minimum atomic E-state index is -0.869. The molecule has 0 saturated carbocycles. The van der Waals surface area contributed by atoms with Gasteiger partial charge in [-0.3, -0.25) is 14.6 Å². The molecule has 2 atom stereocenters. The van der Waals surface area contributed by atoms with Crippen molar-refractivity contribution in [3.8, 4) is 11.3 Å². The van der Waals surface area contributed by atoms with Gasteiger partial charge in [-0.15, -0.1) is 0 Å². The molecular weight excluding hydrogens is 298 g/mol. The third-order valence-electron chi connectivity index (χ3n) is 4.24. The molecule has 0 aromatic carbocycles. The molecule has 1 N–H and O–H groups in total. The molecule has 1 saturated heterocycles. The van der Waals surface area contributed by atoms with Crippen LogP contribution in [0.5, 0.6) is 0 Å². The summed E-state index contributed by atoms with van der Waals surface area (Å²) in [6.45, 7) is 2.29. The van der Waals surface area contributed by atoms with E-state index in [1.54, 1.807) is 36.4 Å². The summed E-state index contributed by atoms with van der Waals surface area (Å²) in [4.78, 5) is 29.5. The number of carboxylic acids is 1. The topological polar surface area (TPSA) is 96.5 Å². The average molecular weight is 315 g/mol. The van der Waals surface area contributed by atoms with Crippen LogP contribution in [-0.4, -0.2) is 44.6 Å². The van der Waals surface area contributed by atoms with Gasteiger partial charge < -0.3 is 14.5 Å². The molecular formula is C16H17N3O4. The number of carboxylic acid groups (broad SMARTS) is 1. The van der Waals surface area contributed by atoms with Crippen molar-refractivity contribution >= 4 is 11.9 Å². The number of likely N-dealkylation sites (tertiary alicyclic amines) is 1. The van der Waals surface area contributed by atoms with Crippen LogP contribution in [0.25, 0.3) is 11.3 Å². The molecule has 2 aromatic heterocycles. The summed E-state index contributed by atoms with van der Waals surface area (Å²) in [5.41, 5.74) is 0.913. The van der Waals surface area contributed by atoms with E-state index in [4.69, 9.17) is 4.52 Å². The average Bonchev–Trinajstić information content (AvgIpc) is 3.05. The maximum atomic E-state index is 12.6. The van der Waals surface area contributed by atoms with E-state index in [2.05, 4.69) is 10.1 Å². The lowest BCUT2D eigenvalue weighted by Gasteiger charge is -2.36. The zero-order valence-corrected chi connectivity index (χ0v) is 12.7. The fraction of sp³-hybridized carbons (Fsp3) is 0.375. The van der Waals surface area contributed by atoms with Gasteiger partial charge in [-0.2, -0.15) is 0 Å². The molecule has 1 aliphatic rings. The van der Waals surface area contributed by atoms with Crippen LogP contribution < -0.4 is 0 Å². The number of amides is 1. The first kappa shape index (κ1) is 15.2. The van der Waals surface area contributed by atoms with Gasteiger partial charge in [0, 0.05) is 36.6 Å². The normalized spacial score (nSPS) is 21.2. The highest BCUT2D eigenvalue weighted by atomic mass is 16.5. The van der Waals surface area contributed by atoms with E-state index in [1.165, 1.54) is 0 Å². The Bertz CT molecular complexity index is 713. The van der Waals surface area contributed by atoms with E-state index >= 15 is 0 Å². The van der Waals surface area contributed by atoms with Gasteiger partial charge in [-0.05, 0) is 31.9 Å². The Morgan fingerprint density at radius 3 is 2.96 bits per heavy atom. The molecule has 0 bridgehead atoms. The van der Waals surface area contributed by atoms with Crippen molar-refractivity contribution in [2.24, 2.45) is 5.92 Å². The van der Waals surface area contributed by atoms with Crippen LogP contribution in [-0.2, 0) is 4.79 Å². The minimum Gasteiger partial charge on any atom is -0.481 e. The van der Waals surface area contributed by atoms with Gasteiger partial charge in [0.05, 0.1) is 5.92 Å². The second kappa shape index (κ2) is 6.20. The summed E-state index contributed by atoms with van der Waals surface area (Å²) >= 11 is 0. The third-order valence-corrected chi connectivity index (χ3v) is 4.24. The molecule has 1 fully saturated rings. The minimum absolute atomic E-state index is 0.182. The van der Waals surface area contributed by atoms with E-state index in [-0.39, 0.29) is 17.6 Å². The van der Waals surface area contributed by atoms with Gasteiger partial charge in [0.25, 0.3) is 5.91 Å². The van der Waals surface area contributed by atoms with Gasteiger partial charge in [0.15, 0.2) is 11.5 Å². The van der Waals surface area contributed by atoms with Crippen molar-refractivity contribution in [2.45, 2.75) is 25.8 Å². The summed E-state index contributed by atoms with van der Waals surface area (Å²) in [6, 6.07) is 4.78. The monoisotopic (exact) mass is 315 g/mol. The number of pyridine rings is 1.